The summed E-state index contributed by atoms with van der Waals surface area (Å²) in [5.41, 5.74) is 0.785. The van der Waals surface area contributed by atoms with Gasteiger partial charge in [-0.3, -0.25) is 0 Å². The van der Waals surface area contributed by atoms with Gasteiger partial charge in [0.05, 0.1) is 5.02 Å². The summed E-state index contributed by atoms with van der Waals surface area (Å²) in [6.45, 7) is 5.08. The van der Waals surface area contributed by atoms with E-state index < -0.39 is 0 Å². The number of rotatable bonds is 5. The van der Waals surface area contributed by atoms with E-state index in [0.717, 1.165) is 12.1 Å². The second-order valence-corrected chi connectivity index (χ2v) is 6.26. The van der Waals surface area contributed by atoms with E-state index in [-0.39, 0.29) is 16.8 Å². The lowest BCUT2D eigenvalue weighted by molar-refractivity contribution is 0.387. The lowest BCUT2D eigenvalue weighted by atomic mass is 9.84. The summed E-state index contributed by atoms with van der Waals surface area (Å²) in [7, 11) is 0. The zero-order chi connectivity index (χ0) is 13.8. The van der Waals surface area contributed by atoms with E-state index in [1.807, 2.05) is 12.1 Å². The van der Waals surface area contributed by atoms with Crippen molar-refractivity contribution in [2.45, 2.75) is 51.5 Å². The van der Waals surface area contributed by atoms with Crippen molar-refractivity contribution in [1.82, 2.24) is 5.32 Å². The van der Waals surface area contributed by atoms with Gasteiger partial charge in [0.2, 0.25) is 0 Å². The van der Waals surface area contributed by atoms with Crippen LogP contribution in [-0.4, -0.2) is 12.6 Å². The Bertz CT molecular complexity index is 413. The van der Waals surface area contributed by atoms with Gasteiger partial charge in [-0.1, -0.05) is 50.4 Å². The highest BCUT2D eigenvalue weighted by atomic mass is 35.5. The summed E-state index contributed by atoms with van der Waals surface area (Å²) in [5, 5.41) is 3.70. The van der Waals surface area contributed by atoms with Crippen molar-refractivity contribution >= 4 is 11.6 Å². The van der Waals surface area contributed by atoms with Gasteiger partial charge in [-0.15, -0.1) is 0 Å². The molecule has 19 heavy (non-hydrogen) atoms. The molecule has 2 rings (SSSR count). The molecule has 1 fully saturated rings. The van der Waals surface area contributed by atoms with Gasteiger partial charge in [-0.2, -0.15) is 0 Å². The van der Waals surface area contributed by atoms with E-state index in [0.29, 0.717) is 12.0 Å². The van der Waals surface area contributed by atoms with Crippen LogP contribution in [0.2, 0.25) is 5.02 Å². The molecule has 1 N–H and O–H groups in total. The third-order valence-corrected chi connectivity index (χ3v) is 4.39. The fraction of sp³-hybridized carbons (Fsp3) is 0.625. The number of hydrogen-bond acceptors (Lipinski definition) is 1. The number of benzene rings is 1. The van der Waals surface area contributed by atoms with Crippen molar-refractivity contribution in [3.05, 3.63) is 34.6 Å². The van der Waals surface area contributed by atoms with Gasteiger partial charge >= 0.3 is 0 Å². The molecule has 1 saturated carbocycles. The molecule has 106 valence electrons. The Morgan fingerprint density at radius 3 is 2.63 bits per heavy atom. The van der Waals surface area contributed by atoms with Crippen LogP contribution < -0.4 is 5.32 Å². The Hall–Kier alpha value is -0.600. The van der Waals surface area contributed by atoms with Gasteiger partial charge in [0.15, 0.2) is 0 Å². The van der Waals surface area contributed by atoms with E-state index in [4.69, 9.17) is 11.6 Å². The minimum atomic E-state index is -0.230. The minimum Gasteiger partial charge on any atom is -0.314 e. The van der Waals surface area contributed by atoms with Gasteiger partial charge in [0.1, 0.15) is 5.82 Å². The molecule has 1 aromatic carbocycles. The number of nitrogens with one attached hydrogen (secondary N) is 1. The van der Waals surface area contributed by atoms with Crippen LogP contribution in [0.3, 0.4) is 0 Å². The maximum Gasteiger partial charge on any atom is 0.145 e. The van der Waals surface area contributed by atoms with Gasteiger partial charge < -0.3 is 5.32 Å². The largest absolute Gasteiger partial charge is 0.314 e. The van der Waals surface area contributed by atoms with Crippen LogP contribution >= 0.6 is 11.6 Å². The lowest BCUT2D eigenvalue weighted by Gasteiger charge is -2.26. The smallest absolute Gasteiger partial charge is 0.145 e. The van der Waals surface area contributed by atoms with Crippen LogP contribution in [0.5, 0.6) is 0 Å². The van der Waals surface area contributed by atoms with Crippen LogP contribution in [0.15, 0.2) is 18.2 Å². The molecule has 1 atom stereocenters. The standard InChI is InChI=1S/C16H23ClFN/c1-11(2)19-10-14(12-6-3-4-7-12)13-8-5-9-15(17)16(13)18/h5,8-9,11-12,14,19H,3-4,6-7,10H2,1-2H3. The summed E-state index contributed by atoms with van der Waals surface area (Å²) >= 11 is 5.93. The van der Waals surface area contributed by atoms with E-state index in [1.54, 1.807) is 6.07 Å². The molecule has 0 heterocycles. The van der Waals surface area contributed by atoms with E-state index in [2.05, 4.69) is 19.2 Å². The monoisotopic (exact) mass is 283 g/mol. The van der Waals surface area contributed by atoms with Crippen molar-refractivity contribution in [3.63, 3.8) is 0 Å². The quantitative estimate of drug-likeness (QED) is 0.822. The molecule has 1 aliphatic carbocycles. The zero-order valence-electron chi connectivity index (χ0n) is 11.8. The summed E-state index contributed by atoms with van der Waals surface area (Å²) < 4.78 is 14.3. The Balaban J connectivity index is 2.22. The Kier molecular flexibility index (Phi) is 5.23. The fourth-order valence-corrected chi connectivity index (χ4v) is 3.24. The highest BCUT2D eigenvalue weighted by Gasteiger charge is 2.28. The average Bonchev–Trinajstić information content (AvgIpc) is 2.88. The van der Waals surface area contributed by atoms with Crippen LogP contribution in [0.1, 0.15) is 51.0 Å². The zero-order valence-corrected chi connectivity index (χ0v) is 12.5. The first-order valence-corrected chi connectivity index (χ1v) is 7.64. The molecular formula is C16H23ClFN. The molecule has 0 bridgehead atoms. The molecule has 1 unspecified atom stereocenters. The molecule has 0 aliphatic heterocycles. The van der Waals surface area contributed by atoms with E-state index >= 15 is 0 Å². The lowest BCUT2D eigenvalue weighted by Crippen LogP contribution is -2.31. The Morgan fingerprint density at radius 2 is 2.00 bits per heavy atom. The third-order valence-electron chi connectivity index (χ3n) is 4.10. The Labute approximate surface area is 120 Å². The maximum absolute atomic E-state index is 14.3. The predicted molar refractivity (Wildman–Crippen MR) is 79.2 cm³/mol. The first-order valence-electron chi connectivity index (χ1n) is 7.27. The highest BCUT2D eigenvalue weighted by molar-refractivity contribution is 6.30. The van der Waals surface area contributed by atoms with Gasteiger partial charge in [0.25, 0.3) is 0 Å². The van der Waals surface area contributed by atoms with Crippen LogP contribution in [0, 0.1) is 11.7 Å². The average molecular weight is 284 g/mol. The molecule has 0 aromatic heterocycles. The molecule has 1 nitrogen and oxygen atoms in total. The molecule has 0 spiro atoms. The SMILES string of the molecule is CC(C)NCC(c1cccc(Cl)c1F)C1CCCC1. The van der Waals surface area contributed by atoms with E-state index in [1.165, 1.54) is 25.7 Å². The summed E-state index contributed by atoms with van der Waals surface area (Å²) in [5.74, 6) is 0.592. The summed E-state index contributed by atoms with van der Waals surface area (Å²) in [4.78, 5) is 0. The second-order valence-electron chi connectivity index (χ2n) is 5.86. The Morgan fingerprint density at radius 1 is 1.32 bits per heavy atom. The molecule has 1 aliphatic rings. The van der Waals surface area contributed by atoms with Crippen LogP contribution in [0.25, 0.3) is 0 Å². The van der Waals surface area contributed by atoms with Gasteiger partial charge in [-0.05, 0) is 30.4 Å². The first-order chi connectivity index (χ1) is 9.09. The minimum absolute atomic E-state index is 0.230. The van der Waals surface area contributed by atoms with Crippen molar-refractivity contribution in [1.29, 1.82) is 0 Å². The molecule has 3 heteroatoms. The molecular weight excluding hydrogens is 261 g/mol. The molecule has 1 aromatic rings. The van der Waals surface area contributed by atoms with Crippen LogP contribution in [-0.2, 0) is 0 Å². The predicted octanol–water partition coefficient (Wildman–Crippen LogP) is 4.75. The summed E-state index contributed by atoms with van der Waals surface area (Å²) in [6, 6.07) is 5.80. The molecule has 0 saturated heterocycles. The van der Waals surface area contributed by atoms with Crippen molar-refractivity contribution in [2.24, 2.45) is 5.92 Å². The number of hydrogen-bond donors (Lipinski definition) is 1. The maximum atomic E-state index is 14.3. The normalized spacial score (nSPS) is 18.2. The van der Waals surface area contributed by atoms with Crippen molar-refractivity contribution in [3.8, 4) is 0 Å². The number of halogens is 2. The van der Waals surface area contributed by atoms with Gasteiger partial charge in [0, 0.05) is 18.5 Å². The summed E-state index contributed by atoms with van der Waals surface area (Å²) in [6.07, 6.45) is 4.95. The first kappa shape index (κ1) is 14.8. The van der Waals surface area contributed by atoms with Crippen molar-refractivity contribution < 1.29 is 4.39 Å². The van der Waals surface area contributed by atoms with E-state index in [9.17, 15) is 4.39 Å². The topological polar surface area (TPSA) is 12.0 Å². The second kappa shape index (κ2) is 6.71. The van der Waals surface area contributed by atoms with Gasteiger partial charge in [-0.25, -0.2) is 4.39 Å². The molecule has 0 amide bonds. The third kappa shape index (κ3) is 3.70. The fourth-order valence-electron chi connectivity index (χ4n) is 3.06. The molecule has 0 radical (unpaired) electrons. The van der Waals surface area contributed by atoms with Crippen molar-refractivity contribution in [2.75, 3.05) is 6.54 Å². The highest BCUT2D eigenvalue weighted by Crippen LogP contribution is 2.38. The van der Waals surface area contributed by atoms with Crippen LogP contribution in [0.4, 0.5) is 4.39 Å².